The second-order valence-electron chi connectivity index (χ2n) is 2.07. The summed E-state index contributed by atoms with van der Waals surface area (Å²) >= 11 is 7.07. The third-order valence-electron chi connectivity index (χ3n) is 1.01. The zero-order valence-corrected chi connectivity index (χ0v) is 8.54. The molecule has 0 saturated heterocycles. The Kier molecular flexibility index (Phi) is 5.78. The summed E-state index contributed by atoms with van der Waals surface area (Å²) in [5, 5.41) is -0.164. The van der Waals surface area contributed by atoms with Crippen LogP contribution in [0.3, 0.4) is 0 Å². The molecule has 2 nitrogen and oxygen atoms in total. The van der Waals surface area contributed by atoms with Gasteiger partial charge in [-0.05, 0) is 20.8 Å². The van der Waals surface area contributed by atoms with Gasteiger partial charge in [-0.25, -0.2) is 0 Å². The van der Waals surface area contributed by atoms with E-state index in [1.165, 1.54) is 11.8 Å². The fourth-order valence-corrected chi connectivity index (χ4v) is 1.80. The number of hydrogen-bond donors (Lipinski definition) is 0. The van der Waals surface area contributed by atoms with Gasteiger partial charge < -0.3 is 4.74 Å². The van der Waals surface area contributed by atoms with Crippen LogP contribution in [0.2, 0.25) is 0 Å². The van der Waals surface area contributed by atoms with Crippen molar-refractivity contribution in [2.24, 2.45) is 0 Å². The summed E-state index contributed by atoms with van der Waals surface area (Å²) in [5.41, 5.74) is 0. The first kappa shape index (κ1) is 11.1. The van der Waals surface area contributed by atoms with Gasteiger partial charge in [0.2, 0.25) is 0 Å². The molecule has 0 saturated carbocycles. The van der Waals surface area contributed by atoms with Crippen molar-refractivity contribution >= 4 is 29.3 Å². The topological polar surface area (TPSA) is 26.3 Å². The number of esters is 1. The molecule has 0 aromatic heterocycles. The van der Waals surface area contributed by atoms with Crippen molar-refractivity contribution in [1.29, 1.82) is 0 Å². The van der Waals surface area contributed by atoms with E-state index in [1.807, 2.05) is 6.92 Å². The SMILES string of the molecule is CCOC(=O)C(C)SC(C)Cl. The van der Waals surface area contributed by atoms with Gasteiger partial charge in [-0.2, -0.15) is 0 Å². The summed E-state index contributed by atoms with van der Waals surface area (Å²) in [6.07, 6.45) is 0. The third-order valence-corrected chi connectivity index (χ3v) is 2.29. The van der Waals surface area contributed by atoms with E-state index in [0.29, 0.717) is 6.61 Å². The minimum absolute atomic E-state index is 0.0468. The van der Waals surface area contributed by atoms with E-state index < -0.39 is 0 Å². The third kappa shape index (κ3) is 5.39. The quantitative estimate of drug-likeness (QED) is 0.510. The van der Waals surface area contributed by atoms with Gasteiger partial charge in [-0.15, -0.1) is 23.4 Å². The van der Waals surface area contributed by atoms with Crippen molar-refractivity contribution in [1.82, 2.24) is 0 Å². The molecule has 0 aliphatic rings. The number of thioether (sulfide) groups is 1. The zero-order chi connectivity index (χ0) is 8.85. The average molecular weight is 197 g/mol. The first-order valence-electron chi connectivity index (χ1n) is 3.54. The van der Waals surface area contributed by atoms with Crippen LogP contribution in [0, 0.1) is 0 Å². The Balaban J connectivity index is 3.64. The fraction of sp³-hybridized carbons (Fsp3) is 0.857. The smallest absolute Gasteiger partial charge is 0.318 e. The van der Waals surface area contributed by atoms with Gasteiger partial charge >= 0.3 is 5.97 Å². The van der Waals surface area contributed by atoms with Crippen molar-refractivity contribution < 1.29 is 9.53 Å². The van der Waals surface area contributed by atoms with Gasteiger partial charge in [0, 0.05) is 0 Å². The molecule has 0 N–H and O–H groups in total. The molecule has 0 aliphatic heterocycles. The average Bonchev–Trinajstić information content (AvgIpc) is 1.86. The zero-order valence-electron chi connectivity index (χ0n) is 6.96. The van der Waals surface area contributed by atoms with Gasteiger partial charge in [0.15, 0.2) is 0 Å². The molecule has 0 fully saturated rings. The molecule has 11 heavy (non-hydrogen) atoms. The summed E-state index contributed by atoms with van der Waals surface area (Å²) in [5.74, 6) is -0.190. The first-order valence-corrected chi connectivity index (χ1v) is 4.92. The molecule has 0 amide bonds. The van der Waals surface area contributed by atoms with Crippen LogP contribution in [-0.2, 0) is 9.53 Å². The van der Waals surface area contributed by atoms with E-state index in [9.17, 15) is 4.79 Å². The van der Waals surface area contributed by atoms with Gasteiger partial charge in [0.25, 0.3) is 0 Å². The number of ether oxygens (including phenoxy) is 1. The molecule has 66 valence electrons. The van der Waals surface area contributed by atoms with E-state index in [-0.39, 0.29) is 15.9 Å². The van der Waals surface area contributed by atoms with Crippen LogP contribution < -0.4 is 0 Å². The Morgan fingerprint density at radius 2 is 2.18 bits per heavy atom. The molecule has 0 radical (unpaired) electrons. The molecule has 0 aromatic rings. The highest BCUT2D eigenvalue weighted by Crippen LogP contribution is 2.20. The van der Waals surface area contributed by atoms with Gasteiger partial charge in [0.1, 0.15) is 5.25 Å². The van der Waals surface area contributed by atoms with Crippen LogP contribution in [0.5, 0.6) is 0 Å². The van der Waals surface area contributed by atoms with E-state index >= 15 is 0 Å². The van der Waals surface area contributed by atoms with Crippen LogP contribution in [0.4, 0.5) is 0 Å². The summed E-state index contributed by atoms with van der Waals surface area (Å²) in [6, 6.07) is 0. The van der Waals surface area contributed by atoms with E-state index in [1.54, 1.807) is 13.8 Å². The van der Waals surface area contributed by atoms with Crippen molar-refractivity contribution in [2.75, 3.05) is 6.61 Å². The highest BCUT2D eigenvalue weighted by molar-refractivity contribution is 8.02. The highest BCUT2D eigenvalue weighted by Gasteiger charge is 2.16. The lowest BCUT2D eigenvalue weighted by atomic mass is 10.5. The number of halogens is 1. The number of rotatable bonds is 4. The maximum absolute atomic E-state index is 11.0. The first-order chi connectivity index (χ1) is 5.07. The molecule has 4 heteroatoms. The maximum Gasteiger partial charge on any atom is 0.318 e. The van der Waals surface area contributed by atoms with Crippen molar-refractivity contribution in [3.63, 3.8) is 0 Å². The molecule has 0 spiro atoms. The molecule has 0 rings (SSSR count). The molecular formula is C7H13ClO2S. The predicted octanol–water partition coefficient (Wildman–Crippen LogP) is 2.26. The maximum atomic E-state index is 11.0. The number of alkyl halides is 1. The lowest BCUT2D eigenvalue weighted by Gasteiger charge is -2.10. The number of hydrogen-bond acceptors (Lipinski definition) is 3. The van der Waals surface area contributed by atoms with E-state index in [0.717, 1.165) is 0 Å². The highest BCUT2D eigenvalue weighted by atomic mass is 35.5. The summed E-state index contributed by atoms with van der Waals surface area (Å²) < 4.78 is 4.74. The van der Waals surface area contributed by atoms with Crippen LogP contribution in [0.1, 0.15) is 20.8 Å². The fourth-order valence-electron chi connectivity index (χ4n) is 0.596. The largest absolute Gasteiger partial charge is 0.465 e. The predicted molar refractivity (Wildman–Crippen MR) is 49.0 cm³/mol. The summed E-state index contributed by atoms with van der Waals surface area (Å²) in [6.45, 7) is 5.85. The second-order valence-corrected chi connectivity index (χ2v) is 4.67. The van der Waals surface area contributed by atoms with Crippen LogP contribution in [-0.4, -0.2) is 22.5 Å². The van der Waals surface area contributed by atoms with Crippen LogP contribution in [0.25, 0.3) is 0 Å². The van der Waals surface area contributed by atoms with Gasteiger partial charge in [-0.1, -0.05) is 0 Å². The molecule has 0 aromatic carbocycles. The van der Waals surface area contributed by atoms with Crippen molar-refractivity contribution in [3.05, 3.63) is 0 Å². The number of carbonyl (C=O) groups excluding carboxylic acids is 1. The molecule has 0 bridgehead atoms. The Labute approximate surface area is 76.6 Å². The molecular weight excluding hydrogens is 184 g/mol. The molecule has 2 unspecified atom stereocenters. The Bertz CT molecular complexity index is 128. The normalized spacial score (nSPS) is 15.6. The molecule has 0 heterocycles. The van der Waals surface area contributed by atoms with Crippen molar-refractivity contribution in [2.45, 2.75) is 30.7 Å². The van der Waals surface area contributed by atoms with Crippen molar-refractivity contribution in [3.8, 4) is 0 Å². The monoisotopic (exact) mass is 196 g/mol. The molecule has 0 aliphatic carbocycles. The lowest BCUT2D eigenvalue weighted by Crippen LogP contribution is -2.17. The van der Waals surface area contributed by atoms with E-state index in [2.05, 4.69) is 0 Å². The molecule has 2 atom stereocenters. The van der Waals surface area contributed by atoms with Gasteiger partial charge in [0.05, 0.1) is 11.3 Å². The van der Waals surface area contributed by atoms with Crippen LogP contribution >= 0.6 is 23.4 Å². The van der Waals surface area contributed by atoms with E-state index in [4.69, 9.17) is 16.3 Å². The standard InChI is InChI=1S/C7H13ClO2S/c1-4-10-7(9)5(2)11-6(3)8/h5-6H,4H2,1-3H3. The Hall–Kier alpha value is 0.110. The Morgan fingerprint density at radius 1 is 1.64 bits per heavy atom. The minimum atomic E-state index is -0.190. The minimum Gasteiger partial charge on any atom is -0.465 e. The lowest BCUT2D eigenvalue weighted by molar-refractivity contribution is -0.142. The van der Waals surface area contributed by atoms with Crippen LogP contribution in [0.15, 0.2) is 0 Å². The Morgan fingerprint density at radius 3 is 2.55 bits per heavy atom. The number of carbonyl (C=O) groups is 1. The summed E-state index contributed by atoms with van der Waals surface area (Å²) in [4.78, 5) is 11.0. The summed E-state index contributed by atoms with van der Waals surface area (Å²) in [7, 11) is 0. The second kappa shape index (κ2) is 5.72. The van der Waals surface area contributed by atoms with Gasteiger partial charge in [-0.3, -0.25) is 4.79 Å².